The Balaban J connectivity index is 2.06. The fraction of sp³-hybridized carbons (Fsp3) is 0. The number of fused-ring (bicyclic) bond motifs is 1. The van der Waals surface area contributed by atoms with Gasteiger partial charge in [-0.05, 0) is 6.07 Å². The van der Waals surface area contributed by atoms with E-state index in [0.29, 0.717) is 27.3 Å². The van der Waals surface area contributed by atoms with Crippen LogP contribution in [0, 0.1) is 10.1 Å². The number of aromatic amines is 1. The number of sulfonamides is 1. The van der Waals surface area contributed by atoms with Gasteiger partial charge in [-0.3, -0.25) is 14.8 Å². The number of thiophene rings is 1. The molecule has 23 heavy (non-hydrogen) atoms. The third-order valence-corrected chi connectivity index (χ3v) is 6.84. The number of nitrogens with one attached hydrogen (secondary N) is 2. The van der Waals surface area contributed by atoms with E-state index in [9.17, 15) is 18.5 Å². The molecule has 0 unspecified atom stereocenters. The summed E-state index contributed by atoms with van der Waals surface area (Å²) >= 11 is 12.5. The summed E-state index contributed by atoms with van der Waals surface area (Å²) in [5.41, 5.74) is 0.322. The SMILES string of the molecule is O=[N+]([O-])c1csc(S(=O)(=O)Nc2cccc3c(Cl)c[nH]c23)c1Cl. The van der Waals surface area contributed by atoms with Crippen LogP contribution in [0.4, 0.5) is 11.4 Å². The van der Waals surface area contributed by atoms with Gasteiger partial charge in [-0.1, -0.05) is 35.3 Å². The van der Waals surface area contributed by atoms with E-state index < -0.39 is 25.7 Å². The molecule has 2 aromatic heterocycles. The maximum Gasteiger partial charge on any atom is 0.299 e. The zero-order valence-corrected chi connectivity index (χ0v) is 14.2. The van der Waals surface area contributed by atoms with Crippen LogP contribution in [0.1, 0.15) is 0 Å². The Hall–Kier alpha value is -1.81. The number of halogens is 2. The average Bonchev–Trinajstić information content (AvgIpc) is 3.04. The Morgan fingerprint density at radius 2 is 2.04 bits per heavy atom. The largest absolute Gasteiger partial charge is 0.358 e. The Labute approximate surface area is 144 Å². The number of nitrogens with zero attached hydrogens (tertiary/aromatic N) is 1. The first kappa shape index (κ1) is 16.1. The molecule has 2 heterocycles. The van der Waals surface area contributed by atoms with Crippen LogP contribution in [0.25, 0.3) is 10.9 Å². The summed E-state index contributed by atoms with van der Waals surface area (Å²) in [5, 5.41) is 12.6. The van der Waals surface area contributed by atoms with Crippen LogP contribution in [0.15, 0.2) is 34.0 Å². The minimum Gasteiger partial charge on any atom is -0.358 e. The molecule has 0 saturated heterocycles. The Morgan fingerprint density at radius 3 is 2.70 bits per heavy atom. The summed E-state index contributed by atoms with van der Waals surface area (Å²) in [4.78, 5) is 12.9. The lowest BCUT2D eigenvalue weighted by Crippen LogP contribution is -2.12. The minimum absolute atomic E-state index is 0.265. The van der Waals surface area contributed by atoms with E-state index in [2.05, 4.69) is 9.71 Å². The van der Waals surface area contributed by atoms with Crippen molar-refractivity contribution >= 4 is 66.8 Å². The minimum atomic E-state index is -4.07. The van der Waals surface area contributed by atoms with Crippen molar-refractivity contribution in [3.05, 3.63) is 49.9 Å². The predicted molar refractivity (Wildman–Crippen MR) is 90.1 cm³/mol. The summed E-state index contributed by atoms with van der Waals surface area (Å²) in [6.45, 7) is 0. The highest BCUT2D eigenvalue weighted by molar-refractivity contribution is 7.94. The van der Waals surface area contributed by atoms with Gasteiger partial charge in [0, 0.05) is 11.6 Å². The van der Waals surface area contributed by atoms with Crippen LogP contribution in [0.3, 0.4) is 0 Å². The lowest BCUT2D eigenvalue weighted by molar-refractivity contribution is -0.384. The van der Waals surface area contributed by atoms with E-state index in [-0.39, 0.29) is 9.90 Å². The van der Waals surface area contributed by atoms with Crippen molar-refractivity contribution in [3.63, 3.8) is 0 Å². The van der Waals surface area contributed by atoms with E-state index in [1.807, 2.05) is 0 Å². The van der Waals surface area contributed by atoms with Crippen molar-refractivity contribution < 1.29 is 13.3 Å². The molecule has 0 aliphatic rings. The quantitative estimate of drug-likeness (QED) is 0.512. The summed E-state index contributed by atoms with van der Waals surface area (Å²) in [6.07, 6.45) is 1.53. The number of nitro groups is 1. The van der Waals surface area contributed by atoms with Crippen molar-refractivity contribution in [1.29, 1.82) is 0 Å². The fourth-order valence-electron chi connectivity index (χ4n) is 2.02. The van der Waals surface area contributed by atoms with Crippen molar-refractivity contribution in [2.75, 3.05) is 4.72 Å². The summed E-state index contributed by atoms with van der Waals surface area (Å²) < 4.78 is 27.0. The maximum absolute atomic E-state index is 12.5. The van der Waals surface area contributed by atoms with Crippen LogP contribution in [-0.2, 0) is 10.0 Å². The van der Waals surface area contributed by atoms with E-state index in [1.54, 1.807) is 18.2 Å². The molecule has 1 aromatic carbocycles. The molecule has 0 saturated carbocycles. The number of benzene rings is 1. The first-order valence-corrected chi connectivity index (χ1v) is 9.13. The molecular weight excluding hydrogens is 385 g/mol. The average molecular weight is 392 g/mol. The number of aromatic nitrogens is 1. The van der Waals surface area contributed by atoms with Gasteiger partial charge in [0.1, 0.15) is 5.02 Å². The molecule has 0 radical (unpaired) electrons. The number of hydrogen-bond acceptors (Lipinski definition) is 5. The van der Waals surface area contributed by atoms with E-state index in [0.717, 1.165) is 5.38 Å². The number of H-pyrrole nitrogens is 1. The van der Waals surface area contributed by atoms with E-state index in [1.165, 1.54) is 6.20 Å². The highest BCUT2D eigenvalue weighted by Crippen LogP contribution is 2.38. The van der Waals surface area contributed by atoms with Gasteiger partial charge in [-0.15, -0.1) is 11.3 Å². The third kappa shape index (κ3) is 2.76. The molecule has 3 rings (SSSR count). The van der Waals surface area contributed by atoms with Crippen LogP contribution >= 0.6 is 34.5 Å². The zero-order chi connectivity index (χ0) is 16.8. The lowest BCUT2D eigenvalue weighted by Gasteiger charge is -2.07. The summed E-state index contributed by atoms with van der Waals surface area (Å²) in [7, 11) is -4.07. The normalized spacial score (nSPS) is 11.7. The third-order valence-electron chi connectivity index (χ3n) is 3.03. The highest BCUT2D eigenvalue weighted by Gasteiger charge is 2.28. The number of rotatable bonds is 4. The first-order chi connectivity index (χ1) is 10.8. The second-order valence-corrected chi connectivity index (χ2v) is 7.99. The Kier molecular flexibility index (Phi) is 3.96. The van der Waals surface area contributed by atoms with Gasteiger partial charge in [-0.2, -0.15) is 0 Å². The molecule has 0 bridgehead atoms. The topological polar surface area (TPSA) is 105 Å². The monoisotopic (exact) mass is 391 g/mol. The lowest BCUT2D eigenvalue weighted by atomic mass is 10.2. The van der Waals surface area contributed by atoms with Gasteiger partial charge in [-0.25, -0.2) is 8.42 Å². The van der Waals surface area contributed by atoms with Crippen LogP contribution in [-0.4, -0.2) is 18.3 Å². The Bertz CT molecular complexity index is 1030. The highest BCUT2D eigenvalue weighted by atomic mass is 35.5. The van der Waals surface area contributed by atoms with Gasteiger partial charge < -0.3 is 4.98 Å². The van der Waals surface area contributed by atoms with Gasteiger partial charge in [0.15, 0.2) is 4.21 Å². The summed E-state index contributed by atoms with van der Waals surface area (Å²) in [5.74, 6) is 0. The van der Waals surface area contributed by atoms with Crippen LogP contribution in [0.5, 0.6) is 0 Å². The van der Waals surface area contributed by atoms with Crippen molar-refractivity contribution in [1.82, 2.24) is 4.98 Å². The molecular formula is C12H7Cl2N3O4S2. The first-order valence-electron chi connectivity index (χ1n) is 6.01. The predicted octanol–water partition coefficient (Wildman–Crippen LogP) is 4.25. The zero-order valence-electron chi connectivity index (χ0n) is 11.0. The smallest absolute Gasteiger partial charge is 0.299 e. The molecule has 11 heteroatoms. The molecule has 3 aromatic rings. The molecule has 0 atom stereocenters. The van der Waals surface area contributed by atoms with Crippen molar-refractivity contribution in [2.24, 2.45) is 0 Å². The number of anilines is 1. The molecule has 0 amide bonds. The Morgan fingerprint density at radius 1 is 1.30 bits per heavy atom. The number of para-hydroxylation sites is 1. The van der Waals surface area contributed by atoms with Gasteiger partial charge in [0.25, 0.3) is 15.7 Å². The fourth-order valence-corrected chi connectivity index (χ4v) is 5.16. The van der Waals surface area contributed by atoms with Crippen molar-refractivity contribution in [3.8, 4) is 0 Å². The standard InChI is InChI=1S/C12H7Cl2N3O4S2/c13-7-4-15-11-6(7)2-1-3-8(11)16-23(20,21)12-10(14)9(5-22-12)17(18)19/h1-5,15-16H. The summed E-state index contributed by atoms with van der Waals surface area (Å²) in [6, 6.07) is 4.91. The molecule has 2 N–H and O–H groups in total. The van der Waals surface area contributed by atoms with Gasteiger partial charge in [0.05, 0.1) is 26.5 Å². The molecule has 0 aliphatic heterocycles. The molecule has 0 spiro atoms. The van der Waals surface area contributed by atoms with Crippen molar-refractivity contribution in [2.45, 2.75) is 4.21 Å². The second kappa shape index (κ2) is 5.68. The molecule has 0 aliphatic carbocycles. The number of hydrogen-bond donors (Lipinski definition) is 2. The molecule has 7 nitrogen and oxygen atoms in total. The van der Waals surface area contributed by atoms with E-state index in [4.69, 9.17) is 23.2 Å². The van der Waals surface area contributed by atoms with Crippen LogP contribution in [0.2, 0.25) is 10.0 Å². The van der Waals surface area contributed by atoms with Gasteiger partial charge in [0.2, 0.25) is 0 Å². The molecule has 0 fully saturated rings. The molecule has 120 valence electrons. The van der Waals surface area contributed by atoms with E-state index >= 15 is 0 Å². The van der Waals surface area contributed by atoms with Crippen LogP contribution < -0.4 is 4.72 Å². The van der Waals surface area contributed by atoms with Gasteiger partial charge >= 0.3 is 0 Å². The second-order valence-electron chi connectivity index (χ2n) is 4.45. The maximum atomic E-state index is 12.5.